The Hall–Kier alpha value is -1.40. The maximum Gasteiger partial charge on any atom is 0.327 e. The van der Waals surface area contributed by atoms with Crippen LogP contribution < -0.4 is 0 Å². The first-order chi connectivity index (χ1) is 7.29. The van der Waals surface area contributed by atoms with Crippen molar-refractivity contribution in [1.29, 1.82) is 0 Å². The Balaban J connectivity index is 2.15. The number of carboxylic acid groups (broad SMARTS) is 1. The lowest BCUT2D eigenvalue weighted by atomic mass is 10.2. The predicted octanol–water partition coefficient (Wildman–Crippen LogP) is -0.132. The van der Waals surface area contributed by atoms with E-state index in [0.717, 1.165) is 0 Å². The Morgan fingerprint density at radius 1 is 1.60 bits per heavy atom. The number of morpholine rings is 1. The second kappa shape index (κ2) is 4.41. The normalized spacial score (nSPS) is 20.0. The van der Waals surface area contributed by atoms with Gasteiger partial charge in [-0.15, -0.1) is 0 Å². The van der Waals surface area contributed by atoms with Gasteiger partial charge in [0.25, 0.3) is 0 Å². The molecule has 0 radical (unpaired) electrons. The number of aliphatic carboxylic acids is 1. The summed E-state index contributed by atoms with van der Waals surface area (Å²) in [5.74, 6) is -0.860. The van der Waals surface area contributed by atoms with Gasteiger partial charge in [-0.3, -0.25) is 9.69 Å². The number of imidazole rings is 1. The van der Waals surface area contributed by atoms with E-state index in [9.17, 15) is 4.79 Å². The highest BCUT2D eigenvalue weighted by atomic mass is 16.5. The molecule has 6 heteroatoms. The molecule has 1 atom stereocenters. The fourth-order valence-corrected chi connectivity index (χ4v) is 1.74. The Kier molecular flexibility index (Phi) is 2.98. The molecular formula is C9H13N3O3. The summed E-state index contributed by atoms with van der Waals surface area (Å²) in [5, 5.41) is 9.17. The van der Waals surface area contributed by atoms with Gasteiger partial charge in [-0.2, -0.15) is 0 Å². The minimum atomic E-state index is -0.860. The van der Waals surface area contributed by atoms with Crippen molar-refractivity contribution in [3.8, 4) is 0 Å². The molecule has 0 bridgehead atoms. The van der Waals surface area contributed by atoms with E-state index in [1.54, 1.807) is 6.20 Å². The maximum absolute atomic E-state index is 11.2. The van der Waals surface area contributed by atoms with Gasteiger partial charge in [0, 0.05) is 13.1 Å². The summed E-state index contributed by atoms with van der Waals surface area (Å²) in [5.41, 5.74) is 0.615. The fraction of sp³-hybridized carbons (Fsp3) is 0.556. The Bertz CT molecular complexity index is 319. The number of rotatable bonds is 3. The number of carbonyl (C=O) groups is 1. The van der Waals surface area contributed by atoms with Crippen LogP contribution >= 0.6 is 0 Å². The summed E-state index contributed by atoms with van der Waals surface area (Å²) in [6, 6.07) is -0.642. The van der Waals surface area contributed by atoms with Crippen molar-refractivity contribution in [3.63, 3.8) is 0 Å². The largest absolute Gasteiger partial charge is 0.480 e. The van der Waals surface area contributed by atoms with Crippen LogP contribution in [0.3, 0.4) is 0 Å². The molecule has 1 aromatic heterocycles. The van der Waals surface area contributed by atoms with E-state index < -0.39 is 12.0 Å². The molecule has 1 fully saturated rings. The molecule has 1 aromatic rings. The third kappa shape index (κ3) is 2.16. The summed E-state index contributed by atoms with van der Waals surface area (Å²) in [6.45, 7) is 2.43. The summed E-state index contributed by atoms with van der Waals surface area (Å²) in [7, 11) is 0. The average Bonchev–Trinajstić information content (AvgIpc) is 2.72. The van der Waals surface area contributed by atoms with E-state index in [-0.39, 0.29) is 0 Å². The van der Waals surface area contributed by atoms with Gasteiger partial charge in [-0.1, -0.05) is 0 Å². The Morgan fingerprint density at radius 3 is 2.87 bits per heavy atom. The van der Waals surface area contributed by atoms with Gasteiger partial charge in [0.2, 0.25) is 0 Å². The lowest BCUT2D eigenvalue weighted by Crippen LogP contribution is -2.42. The first kappa shape index (κ1) is 10.1. The third-order valence-electron chi connectivity index (χ3n) is 2.46. The van der Waals surface area contributed by atoms with Gasteiger partial charge in [-0.25, -0.2) is 4.98 Å². The summed E-state index contributed by atoms with van der Waals surface area (Å²) in [4.78, 5) is 19.7. The highest BCUT2D eigenvalue weighted by molar-refractivity contribution is 5.74. The molecule has 2 heterocycles. The molecule has 1 aliphatic heterocycles. The number of H-pyrrole nitrogens is 1. The van der Waals surface area contributed by atoms with Crippen LogP contribution in [0.5, 0.6) is 0 Å². The molecule has 0 spiro atoms. The van der Waals surface area contributed by atoms with Crippen LogP contribution in [-0.4, -0.2) is 52.2 Å². The van der Waals surface area contributed by atoms with Gasteiger partial charge in [0.1, 0.15) is 0 Å². The van der Waals surface area contributed by atoms with Crippen LogP contribution in [0.4, 0.5) is 0 Å². The molecule has 0 saturated carbocycles. The van der Waals surface area contributed by atoms with E-state index in [2.05, 4.69) is 9.97 Å². The van der Waals surface area contributed by atoms with E-state index in [1.807, 2.05) is 4.90 Å². The summed E-state index contributed by atoms with van der Waals surface area (Å²) >= 11 is 0. The number of ether oxygens (including phenoxy) is 1. The van der Waals surface area contributed by atoms with Crippen LogP contribution in [0, 0.1) is 0 Å². The Morgan fingerprint density at radius 2 is 2.33 bits per heavy atom. The van der Waals surface area contributed by atoms with E-state index >= 15 is 0 Å². The fourth-order valence-electron chi connectivity index (χ4n) is 1.74. The Labute approximate surface area is 86.9 Å². The monoisotopic (exact) mass is 211 g/mol. The van der Waals surface area contributed by atoms with Gasteiger partial charge < -0.3 is 14.8 Å². The summed E-state index contributed by atoms with van der Waals surface area (Å²) in [6.07, 6.45) is 3.04. The molecule has 1 aliphatic rings. The quantitative estimate of drug-likeness (QED) is 0.728. The maximum atomic E-state index is 11.2. The molecule has 82 valence electrons. The lowest BCUT2D eigenvalue weighted by Gasteiger charge is -2.31. The first-order valence-electron chi connectivity index (χ1n) is 4.82. The molecule has 15 heavy (non-hydrogen) atoms. The number of nitrogens with one attached hydrogen (secondary N) is 1. The van der Waals surface area contributed by atoms with E-state index in [0.29, 0.717) is 32.0 Å². The SMILES string of the molecule is O=C(O)C(c1cnc[nH]1)N1CCOCC1. The van der Waals surface area contributed by atoms with Crippen LogP contribution in [-0.2, 0) is 9.53 Å². The minimum Gasteiger partial charge on any atom is -0.480 e. The van der Waals surface area contributed by atoms with Crippen molar-refractivity contribution in [1.82, 2.24) is 14.9 Å². The van der Waals surface area contributed by atoms with Crippen LogP contribution in [0.15, 0.2) is 12.5 Å². The predicted molar refractivity (Wildman–Crippen MR) is 51.4 cm³/mol. The van der Waals surface area contributed by atoms with E-state index in [4.69, 9.17) is 9.84 Å². The molecule has 0 aromatic carbocycles. The molecule has 2 rings (SSSR count). The molecule has 0 amide bonds. The molecule has 0 aliphatic carbocycles. The molecule has 2 N–H and O–H groups in total. The number of hydrogen-bond acceptors (Lipinski definition) is 4. The average molecular weight is 211 g/mol. The molecule has 1 saturated heterocycles. The number of nitrogens with zero attached hydrogens (tertiary/aromatic N) is 2. The first-order valence-corrected chi connectivity index (χ1v) is 4.82. The molecule has 1 unspecified atom stereocenters. The highest BCUT2D eigenvalue weighted by Crippen LogP contribution is 2.19. The molecular weight excluding hydrogens is 198 g/mol. The third-order valence-corrected chi connectivity index (χ3v) is 2.46. The second-order valence-electron chi connectivity index (χ2n) is 3.40. The standard InChI is InChI=1S/C9H13N3O3/c13-9(14)8(7-5-10-6-11-7)12-1-3-15-4-2-12/h5-6,8H,1-4H2,(H,10,11)(H,13,14). The topological polar surface area (TPSA) is 78.4 Å². The number of aromatic nitrogens is 2. The zero-order valence-electron chi connectivity index (χ0n) is 8.22. The number of carboxylic acids is 1. The van der Waals surface area contributed by atoms with Crippen molar-refractivity contribution in [2.45, 2.75) is 6.04 Å². The minimum absolute atomic E-state index is 0.581. The molecule has 6 nitrogen and oxygen atoms in total. The van der Waals surface area contributed by atoms with Gasteiger partial charge in [0.05, 0.1) is 31.4 Å². The summed E-state index contributed by atoms with van der Waals surface area (Å²) < 4.78 is 5.19. The van der Waals surface area contributed by atoms with Crippen molar-refractivity contribution in [2.75, 3.05) is 26.3 Å². The van der Waals surface area contributed by atoms with Crippen LogP contribution in [0.2, 0.25) is 0 Å². The van der Waals surface area contributed by atoms with Crippen molar-refractivity contribution in [2.24, 2.45) is 0 Å². The van der Waals surface area contributed by atoms with Crippen LogP contribution in [0.1, 0.15) is 11.7 Å². The van der Waals surface area contributed by atoms with Crippen molar-refractivity contribution >= 4 is 5.97 Å². The second-order valence-corrected chi connectivity index (χ2v) is 3.40. The smallest absolute Gasteiger partial charge is 0.327 e. The highest BCUT2D eigenvalue weighted by Gasteiger charge is 2.29. The lowest BCUT2D eigenvalue weighted by molar-refractivity contribution is -0.145. The van der Waals surface area contributed by atoms with Gasteiger partial charge in [0.15, 0.2) is 6.04 Å². The van der Waals surface area contributed by atoms with Crippen molar-refractivity contribution in [3.05, 3.63) is 18.2 Å². The van der Waals surface area contributed by atoms with Crippen molar-refractivity contribution < 1.29 is 14.6 Å². The zero-order chi connectivity index (χ0) is 10.7. The number of hydrogen-bond donors (Lipinski definition) is 2. The van der Waals surface area contributed by atoms with Crippen LogP contribution in [0.25, 0.3) is 0 Å². The number of aromatic amines is 1. The van der Waals surface area contributed by atoms with Gasteiger partial charge >= 0.3 is 5.97 Å². The van der Waals surface area contributed by atoms with Gasteiger partial charge in [-0.05, 0) is 0 Å². The zero-order valence-corrected chi connectivity index (χ0v) is 8.22. The van der Waals surface area contributed by atoms with E-state index in [1.165, 1.54) is 6.33 Å².